The molecule has 4 N–H and O–H groups in total. The summed E-state index contributed by atoms with van der Waals surface area (Å²) < 4.78 is 0. The first-order valence-electron chi connectivity index (χ1n) is 4.30. The van der Waals surface area contributed by atoms with Gasteiger partial charge in [0.2, 0.25) is 0 Å². The Kier molecular flexibility index (Phi) is 1.91. The Bertz CT molecular complexity index is 342. The maximum Gasteiger partial charge on any atom is 0.163 e. The molecule has 0 aromatic carbocycles. The Hall–Kier alpha value is -1.54. The highest BCUT2D eigenvalue weighted by molar-refractivity contribution is 5.51. The van der Waals surface area contributed by atoms with Crippen LogP contribution in [0.25, 0.3) is 0 Å². The van der Waals surface area contributed by atoms with Crippen molar-refractivity contribution < 1.29 is 0 Å². The number of nitrogens with zero attached hydrogens (tertiary/aromatic N) is 2. The minimum Gasteiger partial charge on any atom is -0.381 e. The third-order valence-electron chi connectivity index (χ3n) is 2.34. The van der Waals surface area contributed by atoms with Crippen LogP contribution in [0.4, 0.5) is 5.82 Å². The first kappa shape index (κ1) is 8.08. The number of nitriles is 1. The van der Waals surface area contributed by atoms with Crippen LogP contribution in [0.1, 0.15) is 30.1 Å². The van der Waals surface area contributed by atoms with Crippen LogP contribution in [-0.4, -0.2) is 16.7 Å². The molecule has 0 radical (unpaired) electrons. The summed E-state index contributed by atoms with van der Waals surface area (Å²) in [5.74, 6) is 0.297. The zero-order chi connectivity index (χ0) is 9.26. The number of hydrogen-bond donors (Lipinski definition) is 3. The minimum absolute atomic E-state index is 0.222. The maximum atomic E-state index is 8.83. The molecule has 1 aliphatic heterocycles. The van der Waals surface area contributed by atoms with Crippen molar-refractivity contribution in [3.8, 4) is 6.07 Å². The van der Waals surface area contributed by atoms with Gasteiger partial charge < -0.3 is 11.1 Å². The van der Waals surface area contributed by atoms with Crippen molar-refractivity contribution in [3.63, 3.8) is 0 Å². The molecule has 0 aliphatic carbocycles. The average molecular weight is 177 g/mol. The van der Waals surface area contributed by atoms with Gasteiger partial charge in [-0.15, -0.1) is 0 Å². The summed E-state index contributed by atoms with van der Waals surface area (Å²) in [6.45, 7) is 0.995. The number of nitrogens with one attached hydrogen (secondary N) is 2. The van der Waals surface area contributed by atoms with Crippen LogP contribution < -0.4 is 11.1 Å². The van der Waals surface area contributed by atoms with Crippen molar-refractivity contribution >= 4 is 5.82 Å². The van der Waals surface area contributed by atoms with E-state index in [1.165, 1.54) is 0 Å². The molecule has 5 heteroatoms. The van der Waals surface area contributed by atoms with E-state index in [2.05, 4.69) is 21.6 Å². The van der Waals surface area contributed by atoms with Gasteiger partial charge >= 0.3 is 0 Å². The van der Waals surface area contributed by atoms with Gasteiger partial charge in [-0.05, 0) is 19.4 Å². The molecule has 2 rings (SSSR count). The Morgan fingerprint density at radius 2 is 2.46 bits per heavy atom. The van der Waals surface area contributed by atoms with Gasteiger partial charge in [0.15, 0.2) is 5.82 Å². The Morgan fingerprint density at radius 1 is 1.62 bits per heavy atom. The fraction of sp³-hybridized carbons (Fsp3) is 0.500. The zero-order valence-electron chi connectivity index (χ0n) is 7.17. The Balaban J connectivity index is 2.34. The summed E-state index contributed by atoms with van der Waals surface area (Å²) in [4.78, 5) is 0. The lowest BCUT2D eigenvalue weighted by Crippen LogP contribution is -2.14. The summed E-state index contributed by atoms with van der Waals surface area (Å²) in [6, 6.07) is 2.28. The lowest BCUT2D eigenvalue weighted by molar-refractivity contribution is 0.624. The van der Waals surface area contributed by atoms with E-state index in [9.17, 15) is 0 Å². The molecule has 2 heterocycles. The van der Waals surface area contributed by atoms with Crippen LogP contribution >= 0.6 is 0 Å². The van der Waals surface area contributed by atoms with E-state index in [1.54, 1.807) is 0 Å². The highest BCUT2D eigenvalue weighted by Gasteiger charge is 2.22. The number of hydrogen-bond acceptors (Lipinski definition) is 4. The molecule has 0 bridgehead atoms. The topological polar surface area (TPSA) is 90.5 Å². The van der Waals surface area contributed by atoms with E-state index in [0.29, 0.717) is 11.4 Å². The van der Waals surface area contributed by atoms with Crippen LogP contribution in [0.2, 0.25) is 0 Å². The molecular formula is C8H11N5. The van der Waals surface area contributed by atoms with E-state index in [1.807, 2.05) is 0 Å². The van der Waals surface area contributed by atoms with Gasteiger partial charge in [0.25, 0.3) is 0 Å². The van der Waals surface area contributed by atoms with E-state index in [4.69, 9.17) is 11.0 Å². The molecule has 1 aliphatic rings. The van der Waals surface area contributed by atoms with Crippen LogP contribution in [-0.2, 0) is 0 Å². The largest absolute Gasteiger partial charge is 0.381 e. The molecule has 1 aromatic rings. The average Bonchev–Trinajstić information content (AvgIpc) is 2.71. The van der Waals surface area contributed by atoms with Crippen molar-refractivity contribution in [2.45, 2.75) is 18.9 Å². The van der Waals surface area contributed by atoms with Crippen LogP contribution in [0.3, 0.4) is 0 Å². The molecule has 5 nitrogen and oxygen atoms in total. The molecule has 0 saturated carbocycles. The number of aromatic amines is 1. The van der Waals surface area contributed by atoms with Crippen molar-refractivity contribution in [2.24, 2.45) is 0 Å². The molecule has 0 spiro atoms. The zero-order valence-corrected chi connectivity index (χ0v) is 7.17. The van der Waals surface area contributed by atoms with Gasteiger partial charge in [0, 0.05) is 0 Å². The molecule has 1 atom stereocenters. The van der Waals surface area contributed by atoms with Crippen molar-refractivity contribution in [1.29, 1.82) is 5.26 Å². The van der Waals surface area contributed by atoms with Gasteiger partial charge in [-0.25, -0.2) is 0 Å². The summed E-state index contributed by atoms with van der Waals surface area (Å²) in [5, 5.41) is 18.7. The first-order valence-corrected chi connectivity index (χ1v) is 4.30. The van der Waals surface area contributed by atoms with Gasteiger partial charge in [-0.3, -0.25) is 5.10 Å². The van der Waals surface area contributed by atoms with Crippen molar-refractivity contribution in [1.82, 2.24) is 15.5 Å². The van der Waals surface area contributed by atoms with E-state index in [-0.39, 0.29) is 6.04 Å². The van der Waals surface area contributed by atoms with Gasteiger partial charge in [0.05, 0.1) is 11.7 Å². The molecular weight excluding hydrogens is 166 g/mol. The van der Waals surface area contributed by atoms with Crippen LogP contribution in [0, 0.1) is 11.3 Å². The Morgan fingerprint density at radius 3 is 3.08 bits per heavy atom. The van der Waals surface area contributed by atoms with E-state index in [0.717, 1.165) is 25.1 Å². The lowest BCUT2D eigenvalue weighted by atomic mass is 10.1. The highest BCUT2D eigenvalue weighted by atomic mass is 15.2. The summed E-state index contributed by atoms with van der Waals surface area (Å²) in [7, 11) is 0. The number of rotatable bonds is 1. The molecule has 68 valence electrons. The van der Waals surface area contributed by atoms with Gasteiger partial charge in [0.1, 0.15) is 11.6 Å². The van der Waals surface area contributed by atoms with Crippen molar-refractivity contribution in [2.75, 3.05) is 12.3 Å². The van der Waals surface area contributed by atoms with Gasteiger partial charge in [-0.2, -0.15) is 10.4 Å². The number of nitrogen functional groups attached to an aromatic ring is 1. The normalized spacial score (nSPS) is 21.6. The third-order valence-corrected chi connectivity index (χ3v) is 2.34. The predicted octanol–water partition coefficient (Wildman–Crippen LogP) is 0.288. The second-order valence-electron chi connectivity index (χ2n) is 3.16. The van der Waals surface area contributed by atoms with Crippen LogP contribution in [0.15, 0.2) is 0 Å². The highest BCUT2D eigenvalue weighted by Crippen LogP contribution is 2.25. The second kappa shape index (κ2) is 3.07. The number of aromatic nitrogens is 2. The molecule has 13 heavy (non-hydrogen) atoms. The fourth-order valence-corrected chi connectivity index (χ4v) is 1.67. The Labute approximate surface area is 75.9 Å². The predicted molar refractivity (Wildman–Crippen MR) is 47.7 cm³/mol. The standard InChI is InChI=1S/C8H11N5/c9-4-5-7(12-13-8(5)10)6-2-1-3-11-6/h6,11H,1-3H2,(H3,10,12,13). The van der Waals surface area contributed by atoms with E-state index >= 15 is 0 Å². The SMILES string of the molecule is N#Cc1c(N)n[nH]c1C1CCCN1. The van der Waals surface area contributed by atoms with Crippen molar-refractivity contribution in [3.05, 3.63) is 11.3 Å². The molecule has 1 saturated heterocycles. The third kappa shape index (κ3) is 1.25. The molecule has 1 fully saturated rings. The van der Waals surface area contributed by atoms with E-state index < -0.39 is 0 Å². The quantitative estimate of drug-likeness (QED) is 0.575. The summed E-state index contributed by atoms with van der Waals surface area (Å²) in [6.07, 6.45) is 2.17. The number of H-pyrrole nitrogens is 1. The summed E-state index contributed by atoms with van der Waals surface area (Å²) >= 11 is 0. The maximum absolute atomic E-state index is 8.83. The number of nitrogens with two attached hydrogens (primary N) is 1. The smallest absolute Gasteiger partial charge is 0.163 e. The van der Waals surface area contributed by atoms with Gasteiger partial charge in [-0.1, -0.05) is 0 Å². The molecule has 0 amide bonds. The minimum atomic E-state index is 0.222. The lowest BCUT2D eigenvalue weighted by Gasteiger charge is -2.06. The molecule has 1 unspecified atom stereocenters. The summed E-state index contributed by atoms with van der Waals surface area (Å²) in [5.41, 5.74) is 6.84. The second-order valence-corrected chi connectivity index (χ2v) is 3.16. The monoisotopic (exact) mass is 177 g/mol. The van der Waals surface area contributed by atoms with Crippen LogP contribution in [0.5, 0.6) is 0 Å². The molecule has 1 aromatic heterocycles. The number of anilines is 1. The first-order chi connectivity index (χ1) is 6.33. The fourth-order valence-electron chi connectivity index (χ4n) is 1.67.